The van der Waals surface area contributed by atoms with Crippen LogP contribution in [0, 0.1) is 0 Å². The van der Waals surface area contributed by atoms with Crippen LogP contribution in [0.2, 0.25) is 0 Å². The standard InChI is InChI=1S/C30H30O12/c31-14-24-26(37)27(38)29(42-25(36)9-6-15-4-2-1-3-5-15)30(41-24)40-23-13-18-20(34)11-17(32)12-22(18)39-28(23)16-7-8-19(33)21(35)10-16/h1-12,23-24,26-35,37-38H,13-14H2/b9-6+/t23-,24-,26-,27+,28+,29-,30-/m0/s1. The summed E-state index contributed by atoms with van der Waals surface area (Å²) in [4.78, 5) is 12.7. The minimum Gasteiger partial charge on any atom is -0.508 e. The lowest BCUT2D eigenvalue weighted by Gasteiger charge is -2.44. The fraction of sp³-hybridized carbons (Fsp3) is 0.300. The quantitative estimate of drug-likeness (QED) is 0.121. The van der Waals surface area contributed by atoms with Gasteiger partial charge >= 0.3 is 5.97 Å². The zero-order valence-corrected chi connectivity index (χ0v) is 22.1. The van der Waals surface area contributed by atoms with E-state index >= 15 is 0 Å². The zero-order valence-electron chi connectivity index (χ0n) is 22.1. The van der Waals surface area contributed by atoms with Crippen molar-refractivity contribution in [1.82, 2.24) is 0 Å². The highest BCUT2D eigenvalue weighted by atomic mass is 16.7. The summed E-state index contributed by atoms with van der Waals surface area (Å²) in [6.45, 7) is -0.689. The predicted octanol–water partition coefficient (Wildman–Crippen LogP) is 1.63. The lowest BCUT2D eigenvalue weighted by atomic mass is 9.93. The Morgan fingerprint density at radius 1 is 0.929 bits per heavy atom. The molecule has 0 aromatic heterocycles. The predicted molar refractivity (Wildman–Crippen MR) is 145 cm³/mol. The Morgan fingerprint density at radius 3 is 2.40 bits per heavy atom. The normalized spacial score (nSPS) is 27.3. The second-order valence-electron chi connectivity index (χ2n) is 9.96. The van der Waals surface area contributed by atoms with E-state index in [1.54, 1.807) is 24.3 Å². The van der Waals surface area contributed by atoms with E-state index in [9.17, 15) is 40.5 Å². The van der Waals surface area contributed by atoms with Crippen LogP contribution in [0.1, 0.15) is 22.8 Å². The molecule has 2 heterocycles. The van der Waals surface area contributed by atoms with E-state index in [-0.39, 0.29) is 35.0 Å². The highest BCUT2D eigenvalue weighted by molar-refractivity contribution is 5.87. The Morgan fingerprint density at radius 2 is 1.69 bits per heavy atom. The molecule has 7 N–H and O–H groups in total. The Hall–Kier alpha value is -4.33. The Kier molecular flexibility index (Phi) is 8.52. The molecular weight excluding hydrogens is 552 g/mol. The molecule has 7 atom stereocenters. The molecule has 5 rings (SSSR count). The highest BCUT2D eigenvalue weighted by Gasteiger charge is 2.49. The van der Waals surface area contributed by atoms with E-state index < -0.39 is 61.2 Å². The molecule has 3 aromatic carbocycles. The van der Waals surface area contributed by atoms with E-state index in [0.29, 0.717) is 11.1 Å². The fourth-order valence-electron chi connectivity index (χ4n) is 4.93. The third-order valence-electron chi connectivity index (χ3n) is 7.09. The highest BCUT2D eigenvalue weighted by Crippen LogP contribution is 2.44. The van der Waals surface area contributed by atoms with Crippen molar-refractivity contribution < 1.29 is 59.5 Å². The molecule has 12 nitrogen and oxygen atoms in total. The molecule has 2 aliphatic rings. The number of phenolic OH excluding ortho intramolecular Hbond substituents is 4. The Bertz CT molecular complexity index is 1440. The maximum absolute atomic E-state index is 12.7. The number of benzene rings is 3. The number of phenols is 4. The summed E-state index contributed by atoms with van der Waals surface area (Å²) in [5.41, 5.74) is 1.32. The number of esters is 1. The molecule has 1 fully saturated rings. The van der Waals surface area contributed by atoms with Gasteiger partial charge in [-0.15, -0.1) is 0 Å². The molecule has 3 aromatic rings. The van der Waals surface area contributed by atoms with Crippen molar-refractivity contribution >= 4 is 12.0 Å². The van der Waals surface area contributed by atoms with Gasteiger partial charge in [0.2, 0.25) is 0 Å². The number of carbonyl (C=O) groups is 1. The molecule has 0 bridgehead atoms. The molecule has 2 aliphatic heterocycles. The second-order valence-corrected chi connectivity index (χ2v) is 9.96. The molecule has 0 aliphatic carbocycles. The van der Waals surface area contributed by atoms with E-state index in [1.165, 1.54) is 30.3 Å². The van der Waals surface area contributed by atoms with Crippen LogP contribution in [-0.4, -0.2) is 85.1 Å². The maximum atomic E-state index is 12.7. The number of aromatic hydroxyl groups is 4. The van der Waals surface area contributed by atoms with Crippen LogP contribution in [0.3, 0.4) is 0 Å². The van der Waals surface area contributed by atoms with Gasteiger partial charge in [-0.2, -0.15) is 0 Å². The summed E-state index contributed by atoms with van der Waals surface area (Å²) in [6.07, 6.45) is -7.18. The van der Waals surface area contributed by atoms with Gasteiger partial charge in [-0.1, -0.05) is 36.4 Å². The van der Waals surface area contributed by atoms with E-state index in [4.69, 9.17) is 18.9 Å². The van der Waals surface area contributed by atoms with Gasteiger partial charge in [0, 0.05) is 30.2 Å². The van der Waals surface area contributed by atoms with Gasteiger partial charge < -0.3 is 54.7 Å². The van der Waals surface area contributed by atoms with Crippen LogP contribution in [0.5, 0.6) is 28.7 Å². The molecule has 222 valence electrons. The minimum absolute atomic E-state index is 0.0371. The van der Waals surface area contributed by atoms with Crippen LogP contribution in [0.4, 0.5) is 0 Å². The number of hydrogen-bond donors (Lipinski definition) is 7. The first-order valence-corrected chi connectivity index (χ1v) is 13.1. The van der Waals surface area contributed by atoms with Crippen molar-refractivity contribution in [3.8, 4) is 28.7 Å². The van der Waals surface area contributed by atoms with Crippen molar-refractivity contribution in [3.05, 3.63) is 83.4 Å². The van der Waals surface area contributed by atoms with Crippen molar-refractivity contribution in [3.63, 3.8) is 0 Å². The molecule has 42 heavy (non-hydrogen) atoms. The number of hydrogen-bond acceptors (Lipinski definition) is 12. The van der Waals surface area contributed by atoms with E-state index in [0.717, 1.165) is 12.1 Å². The van der Waals surface area contributed by atoms with Crippen LogP contribution in [0.25, 0.3) is 6.08 Å². The molecule has 0 unspecified atom stereocenters. The van der Waals surface area contributed by atoms with Crippen LogP contribution in [-0.2, 0) is 25.4 Å². The molecule has 12 heteroatoms. The fourth-order valence-corrected chi connectivity index (χ4v) is 4.93. The van der Waals surface area contributed by atoms with Crippen LogP contribution < -0.4 is 4.74 Å². The average Bonchev–Trinajstić information content (AvgIpc) is 2.97. The number of aliphatic hydroxyl groups is 3. The SMILES string of the molecule is O=C(/C=C/c1ccccc1)O[C@@H]1[C@@H](O[C@H]2Cc3c(O)cc(O)cc3O[C@@H]2c2ccc(O)c(O)c2)O[C@@H](CO)[C@H](O)[C@H]1O. The smallest absolute Gasteiger partial charge is 0.331 e. The Labute approximate surface area is 239 Å². The van der Waals surface area contributed by atoms with Crippen molar-refractivity contribution in [2.75, 3.05) is 6.61 Å². The molecule has 0 amide bonds. The molecule has 0 radical (unpaired) electrons. The van der Waals surface area contributed by atoms with Gasteiger partial charge in [-0.25, -0.2) is 4.79 Å². The maximum Gasteiger partial charge on any atom is 0.331 e. The summed E-state index contributed by atoms with van der Waals surface area (Å²) in [5.74, 6) is -2.10. The van der Waals surface area contributed by atoms with Crippen molar-refractivity contribution in [2.45, 2.75) is 49.3 Å². The summed E-state index contributed by atoms with van der Waals surface area (Å²) < 4.78 is 23.4. The first kappa shape index (κ1) is 29.2. The summed E-state index contributed by atoms with van der Waals surface area (Å²) >= 11 is 0. The third-order valence-corrected chi connectivity index (χ3v) is 7.09. The number of rotatable bonds is 7. The summed E-state index contributed by atoms with van der Waals surface area (Å²) in [6, 6.07) is 15.3. The van der Waals surface area contributed by atoms with Crippen LogP contribution in [0.15, 0.2) is 66.7 Å². The summed E-state index contributed by atoms with van der Waals surface area (Å²) in [5, 5.41) is 71.5. The van der Waals surface area contributed by atoms with Crippen LogP contribution >= 0.6 is 0 Å². The van der Waals surface area contributed by atoms with Gasteiger partial charge in [0.15, 0.2) is 30.0 Å². The van der Waals surface area contributed by atoms with Gasteiger partial charge in [-0.05, 0) is 29.3 Å². The number of ether oxygens (including phenoxy) is 4. The second kappa shape index (κ2) is 12.3. The third kappa shape index (κ3) is 6.12. The van der Waals surface area contributed by atoms with Crippen molar-refractivity contribution in [1.29, 1.82) is 0 Å². The number of fused-ring (bicyclic) bond motifs is 1. The molecule has 1 saturated heterocycles. The largest absolute Gasteiger partial charge is 0.508 e. The average molecular weight is 583 g/mol. The topological polar surface area (TPSA) is 196 Å². The van der Waals surface area contributed by atoms with E-state index in [1.807, 2.05) is 6.07 Å². The molecule has 0 spiro atoms. The van der Waals surface area contributed by atoms with Gasteiger partial charge in [0.1, 0.15) is 41.7 Å². The monoisotopic (exact) mass is 582 g/mol. The lowest BCUT2D eigenvalue weighted by Crippen LogP contribution is -2.61. The minimum atomic E-state index is -1.71. The van der Waals surface area contributed by atoms with Crippen molar-refractivity contribution in [2.24, 2.45) is 0 Å². The first-order chi connectivity index (χ1) is 20.1. The van der Waals surface area contributed by atoms with Gasteiger partial charge in [-0.3, -0.25) is 0 Å². The van der Waals surface area contributed by atoms with Gasteiger partial charge in [0.25, 0.3) is 0 Å². The lowest BCUT2D eigenvalue weighted by molar-refractivity contribution is -0.318. The number of aliphatic hydroxyl groups excluding tert-OH is 3. The summed E-state index contributed by atoms with van der Waals surface area (Å²) in [7, 11) is 0. The first-order valence-electron chi connectivity index (χ1n) is 13.1. The molecular formula is C30H30O12. The van der Waals surface area contributed by atoms with E-state index in [2.05, 4.69) is 0 Å². The number of carbonyl (C=O) groups excluding carboxylic acids is 1. The zero-order chi connectivity index (χ0) is 30.0. The molecule has 0 saturated carbocycles. The Balaban J connectivity index is 1.45. The van der Waals surface area contributed by atoms with Gasteiger partial charge in [0.05, 0.1) is 6.61 Å².